The summed E-state index contributed by atoms with van der Waals surface area (Å²) in [5.74, 6) is 0. The van der Waals surface area contributed by atoms with E-state index < -0.39 is 67.8 Å². The van der Waals surface area contributed by atoms with E-state index >= 15 is 0 Å². The first-order chi connectivity index (χ1) is 24.6. The predicted molar refractivity (Wildman–Crippen MR) is 180 cm³/mol. The van der Waals surface area contributed by atoms with Crippen LogP contribution in [0.25, 0.3) is 43.8 Å². The van der Waals surface area contributed by atoms with Gasteiger partial charge in [0.05, 0.1) is 22.3 Å². The monoisotopic (exact) mass is 870 g/mol. The van der Waals surface area contributed by atoms with E-state index in [-0.39, 0.29) is 23.3 Å². The van der Waals surface area contributed by atoms with Crippen molar-refractivity contribution >= 4 is 38.6 Å². The molecular weight excluding hydrogens is 847 g/mol. The molecule has 6 aromatic rings. The summed E-state index contributed by atoms with van der Waals surface area (Å²) in [6.07, 6.45) is -18.0. The van der Waals surface area contributed by atoms with Gasteiger partial charge in [-0.2, -0.15) is 64.8 Å². The van der Waals surface area contributed by atoms with Gasteiger partial charge in [-0.15, -0.1) is 69.1 Å². The van der Waals surface area contributed by atoms with Crippen molar-refractivity contribution in [2.24, 2.45) is 0 Å². The van der Waals surface area contributed by atoms with E-state index in [1.54, 1.807) is 36.4 Å². The van der Waals surface area contributed by atoms with Crippen molar-refractivity contribution in [2.45, 2.75) is 51.4 Å². The molecule has 280 valence electrons. The number of aryl methyl sites for hydroxylation is 2. The molecule has 0 aliphatic heterocycles. The van der Waals surface area contributed by atoms with Crippen LogP contribution in [0.4, 0.5) is 52.7 Å². The molecule has 0 atom stereocenters. The van der Waals surface area contributed by atoms with E-state index in [4.69, 9.17) is 17.0 Å². The third kappa shape index (κ3) is 10.5. The van der Waals surface area contributed by atoms with Gasteiger partial charge in [-0.25, -0.2) is 0 Å². The van der Waals surface area contributed by atoms with Gasteiger partial charge < -0.3 is 0 Å². The standard InChI is InChI=1S/2C19H13F6.2ClH.Zr/c2*1-2-11-6-12-4-3-5-16(17(12)7-11)13-8-14(18(20,21)22)10-15(9-13)19(23,24)25;;;/h2*3-10H,2H2,1H3;2*1H;/q2*-1;;;+4/p-2. The Bertz CT molecular complexity index is 1950. The van der Waals surface area contributed by atoms with Gasteiger partial charge in [0.15, 0.2) is 0 Å². The van der Waals surface area contributed by atoms with Crippen LogP contribution < -0.4 is 0 Å². The molecule has 0 spiro atoms. The van der Waals surface area contributed by atoms with Crippen LogP contribution in [0, 0.1) is 0 Å². The van der Waals surface area contributed by atoms with Gasteiger partial charge in [-0.05, 0) is 60.4 Å². The minimum absolute atomic E-state index is 0.0963. The first-order valence-electron chi connectivity index (χ1n) is 15.5. The number of alkyl halides is 12. The fourth-order valence-corrected chi connectivity index (χ4v) is 5.73. The van der Waals surface area contributed by atoms with Gasteiger partial charge in [0.1, 0.15) is 0 Å². The zero-order valence-corrected chi connectivity index (χ0v) is 31.4. The third-order valence-corrected chi connectivity index (χ3v) is 8.23. The first kappa shape index (κ1) is 42.5. The zero-order chi connectivity index (χ0) is 39.5. The Balaban J connectivity index is 0.000000220. The average Bonchev–Trinajstić information content (AvgIpc) is 3.71. The molecule has 6 aromatic carbocycles. The molecule has 0 nitrogen and oxygen atoms in total. The van der Waals surface area contributed by atoms with Crippen molar-refractivity contribution < 1.29 is 73.5 Å². The molecule has 0 heterocycles. The van der Waals surface area contributed by atoms with Crippen LogP contribution >= 0.6 is 17.0 Å². The second kappa shape index (κ2) is 16.6. The summed E-state index contributed by atoms with van der Waals surface area (Å²) in [6.45, 7) is 3.86. The summed E-state index contributed by atoms with van der Waals surface area (Å²) in [7, 11) is 9.87. The normalized spacial score (nSPS) is 12.2. The molecule has 53 heavy (non-hydrogen) atoms. The number of halogens is 14. The Kier molecular flexibility index (Phi) is 13.3. The van der Waals surface area contributed by atoms with Crippen molar-refractivity contribution in [3.8, 4) is 22.3 Å². The molecule has 6 rings (SSSR count). The maximum absolute atomic E-state index is 13.1. The molecule has 0 radical (unpaired) electrons. The molecule has 15 heteroatoms. The summed E-state index contributed by atoms with van der Waals surface area (Å²) in [5.41, 5.74) is -2.76. The molecule has 0 aliphatic carbocycles. The number of rotatable bonds is 4. The Morgan fingerprint density at radius 2 is 0.755 bits per heavy atom. The van der Waals surface area contributed by atoms with Crippen LogP contribution in [0.5, 0.6) is 0 Å². The summed E-state index contributed by atoms with van der Waals surface area (Å²) in [4.78, 5) is 0. The molecule has 0 N–H and O–H groups in total. The van der Waals surface area contributed by atoms with E-state index in [0.717, 1.165) is 59.0 Å². The minimum atomic E-state index is -4.86. The van der Waals surface area contributed by atoms with Crippen molar-refractivity contribution in [1.82, 2.24) is 0 Å². The molecule has 0 unspecified atom stereocenters. The van der Waals surface area contributed by atoms with Crippen molar-refractivity contribution in [2.75, 3.05) is 0 Å². The Hall–Kier alpha value is -3.28. The van der Waals surface area contributed by atoms with Gasteiger partial charge in [-0.3, -0.25) is 0 Å². The van der Waals surface area contributed by atoms with Crippen LogP contribution in [-0.4, -0.2) is 0 Å². The molecular formula is C38H26Cl2F12Zr. The van der Waals surface area contributed by atoms with Gasteiger partial charge in [0, 0.05) is 0 Å². The molecule has 0 aromatic heterocycles. The van der Waals surface area contributed by atoms with E-state index in [9.17, 15) is 52.7 Å². The predicted octanol–water partition coefficient (Wildman–Crippen LogP) is 15.0. The van der Waals surface area contributed by atoms with Crippen LogP contribution in [-0.2, 0) is 58.4 Å². The zero-order valence-electron chi connectivity index (χ0n) is 27.4. The molecule has 0 fully saturated rings. The van der Waals surface area contributed by atoms with Crippen LogP contribution in [0.3, 0.4) is 0 Å². The van der Waals surface area contributed by atoms with Gasteiger partial charge in [0.2, 0.25) is 0 Å². The Morgan fingerprint density at radius 3 is 1.00 bits per heavy atom. The second-order valence-corrected chi connectivity index (χ2v) is 15.4. The molecule has 0 aliphatic rings. The van der Waals surface area contributed by atoms with Gasteiger partial charge >= 0.3 is 62.6 Å². The van der Waals surface area contributed by atoms with Gasteiger partial charge in [0.25, 0.3) is 0 Å². The summed E-state index contributed by atoms with van der Waals surface area (Å²) in [5, 5.41) is 2.87. The number of hydrogen-bond donors (Lipinski definition) is 0. The topological polar surface area (TPSA) is 0 Å². The van der Waals surface area contributed by atoms with E-state index in [2.05, 4.69) is 0 Å². The third-order valence-electron chi connectivity index (χ3n) is 8.23. The summed E-state index contributed by atoms with van der Waals surface area (Å²) >= 11 is -0.826. The Morgan fingerprint density at radius 1 is 0.472 bits per heavy atom. The van der Waals surface area contributed by atoms with Crippen LogP contribution in [0.2, 0.25) is 0 Å². The second-order valence-electron chi connectivity index (χ2n) is 11.7. The summed E-state index contributed by atoms with van der Waals surface area (Å²) < 4.78 is 157. The van der Waals surface area contributed by atoms with Crippen LogP contribution in [0.1, 0.15) is 47.2 Å². The fraction of sp³-hybridized carbons (Fsp3) is 0.211. The van der Waals surface area contributed by atoms with E-state index in [0.29, 0.717) is 21.9 Å². The number of benzene rings is 4. The maximum atomic E-state index is 13.1. The van der Waals surface area contributed by atoms with Crippen LogP contribution in [0.15, 0.2) is 97.1 Å². The van der Waals surface area contributed by atoms with E-state index in [1.165, 1.54) is 12.1 Å². The Labute approximate surface area is 314 Å². The number of hydrogen-bond acceptors (Lipinski definition) is 0. The molecule has 0 saturated heterocycles. The van der Waals surface area contributed by atoms with Crippen molar-refractivity contribution in [3.05, 3.63) is 130 Å². The van der Waals surface area contributed by atoms with E-state index in [1.807, 2.05) is 26.0 Å². The van der Waals surface area contributed by atoms with Crippen molar-refractivity contribution in [1.29, 1.82) is 0 Å². The fourth-order valence-electron chi connectivity index (χ4n) is 5.73. The molecule has 0 amide bonds. The number of fused-ring (bicyclic) bond motifs is 2. The summed E-state index contributed by atoms with van der Waals surface area (Å²) in [6, 6.07) is 20.6. The van der Waals surface area contributed by atoms with Crippen molar-refractivity contribution in [3.63, 3.8) is 0 Å². The van der Waals surface area contributed by atoms with Gasteiger partial charge in [-0.1, -0.05) is 37.1 Å². The average molecular weight is 873 g/mol. The molecule has 0 bridgehead atoms. The quantitative estimate of drug-likeness (QED) is 0.122. The molecule has 0 saturated carbocycles. The SMILES string of the molecule is CCc1cc2c(-c3cc(C(F)(F)F)cc(C(F)(F)F)c3)cccc2[cH-]1.CCc1cc2c(-c3cc(C(F)(F)F)cc(C(F)(F)F)c3)cccc2[cH-]1.[Cl][Zr+2][Cl]. The first-order valence-corrected chi connectivity index (χ1v) is 21.9.